The Morgan fingerprint density at radius 3 is 2.47 bits per heavy atom. The van der Waals surface area contributed by atoms with E-state index in [0.717, 1.165) is 17.7 Å². The van der Waals surface area contributed by atoms with Crippen molar-refractivity contribution in [2.24, 2.45) is 0 Å². The zero-order chi connectivity index (χ0) is 13.8. The SMILES string of the molecule is CC(NCc1cc(F)ccc1F)c1ccc(I)cc1. The molecule has 2 rings (SSSR count). The minimum absolute atomic E-state index is 0.0830. The summed E-state index contributed by atoms with van der Waals surface area (Å²) in [4.78, 5) is 0. The zero-order valence-corrected chi connectivity index (χ0v) is 12.6. The van der Waals surface area contributed by atoms with Gasteiger partial charge in [0.25, 0.3) is 0 Å². The molecule has 0 amide bonds. The molecule has 19 heavy (non-hydrogen) atoms. The highest BCUT2D eigenvalue weighted by atomic mass is 127. The smallest absolute Gasteiger partial charge is 0.127 e. The third-order valence-electron chi connectivity index (χ3n) is 2.98. The van der Waals surface area contributed by atoms with Gasteiger partial charge in [0.2, 0.25) is 0 Å². The first-order valence-corrected chi connectivity index (χ1v) is 7.07. The summed E-state index contributed by atoms with van der Waals surface area (Å²) in [5, 5.41) is 3.19. The molecule has 0 aliphatic rings. The number of halogens is 3. The fourth-order valence-electron chi connectivity index (χ4n) is 1.81. The van der Waals surface area contributed by atoms with Gasteiger partial charge in [0.15, 0.2) is 0 Å². The molecular formula is C15H14F2IN. The van der Waals surface area contributed by atoms with Crippen molar-refractivity contribution in [2.75, 3.05) is 0 Å². The normalized spacial score (nSPS) is 12.4. The van der Waals surface area contributed by atoms with Gasteiger partial charge in [-0.3, -0.25) is 0 Å². The highest BCUT2D eigenvalue weighted by Crippen LogP contribution is 2.16. The van der Waals surface area contributed by atoms with Crippen molar-refractivity contribution in [1.82, 2.24) is 5.32 Å². The summed E-state index contributed by atoms with van der Waals surface area (Å²) < 4.78 is 27.7. The van der Waals surface area contributed by atoms with Crippen molar-refractivity contribution in [3.05, 3.63) is 68.8 Å². The molecule has 2 aromatic carbocycles. The molecule has 0 aliphatic carbocycles. The number of hydrogen-bond donors (Lipinski definition) is 1. The third kappa shape index (κ3) is 3.98. The molecular weight excluding hydrogens is 359 g/mol. The predicted molar refractivity (Wildman–Crippen MR) is 80.8 cm³/mol. The molecule has 2 aromatic rings. The lowest BCUT2D eigenvalue weighted by atomic mass is 10.1. The van der Waals surface area contributed by atoms with Crippen LogP contribution in [0.4, 0.5) is 8.78 Å². The standard InChI is InChI=1S/C15H14F2IN/c1-10(11-2-5-14(18)6-3-11)19-9-12-8-13(16)4-7-15(12)17/h2-8,10,19H,9H2,1H3. The molecule has 0 aliphatic heterocycles. The summed E-state index contributed by atoms with van der Waals surface area (Å²) in [6, 6.07) is 11.7. The fraction of sp³-hybridized carbons (Fsp3) is 0.200. The van der Waals surface area contributed by atoms with Gasteiger partial charge in [0.1, 0.15) is 11.6 Å². The molecule has 0 heterocycles. The first kappa shape index (κ1) is 14.4. The second-order valence-electron chi connectivity index (χ2n) is 4.39. The number of nitrogens with one attached hydrogen (secondary N) is 1. The monoisotopic (exact) mass is 373 g/mol. The highest BCUT2D eigenvalue weighted by molar-refractivity contribution is 14.1. The van der Waals surface area contributed by atoms with Crippen LogP contribution in [-0.2, 0) is 6.54 Å². The van der Waals surface area contributed by atoms with Crippen molar-refractivity contribution in [3.8, 4) is 0 Å². The first-order valence-electron chi connectivity index (χ1n) is 5.99. The van der Waals surface area contributed by atoms with E-state index >= 15 is 0 Å². The van der Waals surface area contributed by atoms with Crippen LogP contribution < -0.4 is 5.32 Å². The minimum atomic E-state index is -0.417. The minimum Gasteiger partial charge on any atom is -0.306 e. The van der Waals surface area contributed by atoms with Gasteiger partial charge in [-0.25, -0.2) is 8.78 Å². The average molecular weight is 373 g/mol. The summed E-state index contributed by atoms with van der Waals surface area (Å²) >= 11 is 2.25. The molecule has 1 N–H and O–H groups in total. The van der Waals surface area contributed by atoms with Crippen LogP contribution in [0.1, 0.15) is 24.1 Å². The molecule has 0 saturated heterocycles. The quantitative estimate of drug-likeness (QED) is 0.783. The van der Waals surface area contributed by atoms with Crippen LogP contribution in [0.5, 0.6) is 0 Å². The van der Waals surface area contributed by atoms with E-state index in [1.807, 2.05) is 31.2 Å². The lowest BCUT2D eigenvalue weighted by Crippen LogP contribution is -2.18. The van der Waals surface area contributed by atoms with Crippen molar-refractivity contribution in [1.29, 1.82) is 0 Å². The second-order valence-corrected chi connectivity index (χ2v) is 5.64. The fourth-order valence-corrected chi connectivity index (χ4v) is 2.17. The lowest BCUT2D eigenvalue weighted by molar-refractivity contribution is 0.535. The van der Waals surface area contributed by atoms with Gasteiger partial charge in [-0.05, 0) is 65.4 Å². The number of rotatable bonds is 4. The molecule has 0 radical (unpaired) electrons. The predicted octanol–water partition coefficient (Wildman–Crippen LogP) is 4.42. The molecule has 4 heteroatoms. The summed E-state index contributed by atoms with van der Waals surface area (Å²) in [5.74, 6) is -0.802. The first-order chi connectivity index (χ1) is 9.06. The van der Waals surface area contributed by atoms with E-state index in [4.69, 9.17) is 0 Å². The largest absolute Gasteiger partial charge is 0.306 e. The van der Waals surface area contributed by atoms with E-state index < -0.39 is 5.82 Å². The Bertz CT molecular complexity index is 555. The van der Waals surface area contributed by atoms with Gasteiger partial charge in [-0.1, -0.05) is 12.1 Å². The summed E-state index contributed by atoms with van der Waals surface area (Å²) in [7, 11) is 0. The van der Waals surface area contributed by atoms with Crippen LogP contribution >= 0.6 is 22.6 Å². The molecule has 100 valence electrons. The van der Waals surface area contributed by atoms with E-state index in [1.54, 1.807) is 0 Å². The van der Waals surface area contributed by atoms with E-state index in [9.17, 15) is 8.78 Å². The molecule has 1 nitrogen and oxygen atoms in total. The molecule has 0 saturated carbocycles. The Morgan fingerprint density at radius 1 is 1.11 bits per heavy atom. The summed E-state index contributed by atoms with van der Waals surface area (Å²) in [6.07, 6.45) is 0. The molecule has 0 spiro atoms. The van der Waals surface area contributed by atoms with Crippen LogP contribution in [0.3, 0.4) is 0 Å². The van der Waals surface area contributed by atoms with Gasteiger partial charge in [-0.2, -0.15) is 0 Å². The van der Waals surface area contributed by atoms with Crippen LogP contribution in [-0.4, -0.2) is 0 Å². The van der Waals surface area contributed by atoms with Crippen LogP contribution in [0.15, 0.2) is 42.5 Å². The maximum atomic E-state index is 13.5. The Kier molecular flexibility index (Phi) is 4.87. The van der Waals surface area contributed by atoms with Gasteiger partial charge in [0, 0.05) is 21.7 Å². The zero-order valence-electron chi connectivity index (χ0n) is 10.5. The van der Waals surface area contributed by atoms with Gasteiger partial charge >= 0.3 is 0 Å². The van der Waals surface area contributed by atoms with E-state index in [0.29, 0.717) is 12.1 Å². The topological polar surface area (TPSA) is 12.0 Å². The van der Waals surface area contributed by atoms with E-state index in [1.165, 1.54) is 9.64 Å². The van der Waals surface area contributed by atoms with Gasteiger partial charge in [0.05, 0.1) is 0 Å². The van der Waals surface area contributed by atoms with Crippen LogP contribution in [0.25, 0.3) is 0 Å². The second kappa shape index (κ2) is 6.43. The Hall–Kier alpha value is -1.01. The van der Waals surface area contributed by atoms with Gasteiger partial charge < -0.3 is 5.32 Å². The lowest BCUT2D eigenvalue weighted by Gasteiger charge is -2.15. The summed E-state index contributed by atoms with van der Waals surface area (Å²) in [5.41, 5.74) is 1.47. The number of benzene rings is 2. The number of hydrogen-bond acceptors (Lipinski definition) is 1. The van der Waals surface area contributed by atoms with Crippen molar-refractivity contribution >= 4 is 22.6 Å². The third-order valence-corrected chi connectivity index (χ3v) is 3.70. The maximum Gasteiger partial charge on any atom is 0.127 e. The van der Waals surface area contributed by atoms with E-state index in [2.05, 4.69) is 27.9 Å². The maximum absolute atomic E-state index is 13.5. The molecule has 0 aromatic heterocycles. The molecule has 0 bridgehead atoms. The Morgan fingerprint density at radius 2 is 1.79 bits per heavy atom. The van der Waals surface area contributed by atoms with E-state index in [-0.39, 0.29) is 11.9 Å². The van der Waals surface area contributed by atoms with Crippen LogP contribution in [0.2, 0.25) is 0 Å². The molecule has 1 atom stereocenters. The highest BCUT2D eigenvalue weighted by Gasteiger charge is 2.08. The molecule has 0 fully saturated rings. The molecule has 1 unspecified atom stereocenters. The van der Waals surface area contributed by atoms with Crippen molar-refractivity contribution in [2.45, 2.75) is 19.5 Å². The van der Waals surface area contributed by atoms with Crippen molar-refractivity contribution in [3.63, 3.8) is 0 Å². The van der Waals surface area contributed by atoms with Gasteiger partial charge in [-0.15, -0.1) is 0 Å². The van der Waals surface area contributed by atoms with Crippen LogP contribution in [0, 0.1) is 15.2 Å². The summed E-state index contributed by atoms with van der Waals surface area (Å²) in [6.45, 7) is 2.30. The average Bonchev–Trinajstić information content (AvgIpc) is 2.40. The van der Waals surface area contributed by atoms with Crippen molar-refractivity contribution < 1.29 is 8.78 Å². The Labute approximate surface area is 125 Å². The Balaban J connectivity index is 2.02.